The van der Waals surface area contributed by atoms with Gasteiger partial charge in [-0.25, -0.2) is 0 Å². The number of carbonyl (C=O) groups is 1. The molecule has 2 aromatic rings. The van der Waals surface area contributed by atoms with E-state index in [0.717, 1.165) is 30.8 Å². The van der Waals surface area contributed by atoms with Crippen molar-refractivity contribution in [3.8, 4) is 0 Å². The lowest BCUT2D eigenvalue weighted by atomic mass is 10.1. The van der Waals surface area contributed by atoms with Crippen molar-refractivity contribution in [2.45, 2.75) is 33.4 Å². The summed E-state index contributed by atoms with van der Waals surface area (Å²) >= 11 is 0. The van der Waals surface area contributed by atoms with Gasteiger partial charge in [0, 0.05) is 25.7 Å². The third-order valence-electron chi connectivity index (χ3n) is 3.40. The molecule has 1 amide bonds. The maximum Gasteiger partial charge on any atom is 0.221 e. The number of amides is 1. The average molecular weight is 282 g/mol. The molecule has 0 aliphatic carbocycles. The highest BCUT2D eigenvalue weighted by molar-refractivity contribution is 5.89. The molecule has 2 rings (SSSR count). The van der Waals surface area contributed by atoms with Gasteiger partial charge in [-0.1, -0.05) is 49.4 Å². The van der Waals surface area contributed by atoms with Crippen LogP contribution in [-0.4, -0.2) is 5.91 Å². The van der Waals surface area contributed by atoms with Gasteiger partial charge in [-0.05, 0) is 29.2 Å². The van der Waals surface area contributed by atoms with Gasteiger partial charge in [0.2, 0.25) is 5.91 Å². The summed E-state index contributed by atoms with van der Waals surface area (Å²) in [7, 11) is 0. The van der Waals surface area contributed by atoms with E-state index < -0.39 is 0 Å². The van der Waals surface area contributed by atoms with Crippen LogP contribution in [0.1, 0.15) is 30.5 Å². The van der Waals surface area contributed by atoms with Crippen LogP contribution in [0.15, 0.2) is 48.5 Å². The topological polar surface area (TPSA) is 41.1 Å². The smallest absolute Gasteiger partial charge is 0.221 e. The van der Waals surface area contributed by atoms with Crippen molar-refractivity contribution in [2.75, 3.05) is 5.32 Å². The molecule has 0 spiro atoms. The number of carbonyl (C=O) groups excluding carboxylic acids is 1. The Labute approximate surface area is 126 Å². The highest BCUT2D eigenvalue weighted by Crippen LogP contribution is 2.15. The van der Waals surface area contributed by atoms with Crippen LogP contribution in [0.4, 0.5) is 5.69 Å². The molecule has 0 fully saturated rings. The van der Waals surface area contributed by atoms with Gasteiger partial charge in [0.1, 0.15) is 0 Å². The van der Waals surface area contributed by atoms with Crippen molar-refractivity contribution in [1.82, 2.24) is 5.32 Å². The van der Waals surface area contributed by atoms with Crippen molar-refractivity contribution < 1.29 is 4.79 Å². The van der Waals surface area contributed by atoms with Crippen LogP contribution in [0.2, 0.25) is 0 Å². The number of rotatable bonds is 6. The summed E-state index contributed by atoms with van der Waals surface area (Å²) in [5.41, 5.74) is 4.59. The summed E-state index contributed by atoms with van der Waals surface area (Å²) < 4.78 is 0. The van der Waals surface area contributed by atoms with Gasteiger partial charge in [-0.2, -0.15) is 0 Å². The molecule has 0 radical (unpaired) electrons. The predicted octanol–water partition coefficient (Wildman–Crippen LogP) is 3.50. The van der Waals surface area contributed by atoms with Crippen LogP contribution < -0.4 is 10.6 Å². The van der Waals surface area contributed by atoms with Crippen molar-refractivity contribution >= 4 is 11.6 Å². The van der Waals surface area contributed by atoms with Crippen molar-refractivity contribution in [3.63, 3.8) is 0 Å². The number of anilines is 1. The maximum absolute atomic E-state index is 11.2. The van der Waals surface area contributed by atoms with Gasteiger partial charge in [0.25, 0.3) is 0 Å². The molecule has 0 saturated heterocycles. The Kier molecular flexibility index (Phi) is 5.52. The van der Waals surface area contributed by atoms with E-state index in [2.05, 4.69) is 41.8 Å². The van der Waals surface area contributed by atoms with Crippen LogP contribution >= 0.6 is 0 Å². The van der Waals surface area contributed by atoms with E-state index in [1.165, 1.54) is 18.1 Å². The number of aryl methyl sites for hydroxylation is 1. The Balaban J connectivity index is 1.92. The van der Waals surface area contributed by atoms with Crippen molar-refractivity contribution in [1.29, 1.82) is 0 Å². The molecular weight excluding hydrogens is 260 g/mol. The van der Waals surface area contributed by atoms with E-state index in [0.29, 0.717) is 0 Å². The Bertz CT molecular complexity index is 590. The van der Waals surface area contributed by atoms with E-state index in [4.69, 9.17) is 0 Å². The fourth-order valence-corrected chi connectivity index (χ4v) is 2.22. The zero-order valence-electron chi connectivity index (χ0n) is 12.6. The normalized spacial score (nSPS) is 10.4. The largest absolute Gasteiger partial charge is 0.326 e. The van der Waals surface area contributed by atoms with Crippen LogP contribution in [0, 0.1) is 0 Å². The standard InChI is InChI=1S/C18H22N2O/c1-3-15-8-10-16(11-9-15)12-19-13-17-6-4-5-7-18(17)20-14(2)21/h4-11,19H,3,12-13H2,1-2H3,(H,20,21). The summed E-state index contributed by atoms with van der Waals surface area (Å²) in [6.45, 7) is 5.23. The van der Waals surface area contributed by atoms with Crippen molar-refractivity contribution in [2.24, 2.45) is 0 Å². The first-order valence-corrected chi connectivity index (χ1v) is 7.33. The first-order valence-electron chi connectivity index (χ1n) is 7.33. The van der Waals surface area contributed by atoms with Gasteiger partial charge in [0.15, 0.2) is 0 Å². The van der Waals surface area contributed by atoms with E-state index in [1.807, 2.05) is 24.3 Å². The van der Waals surface area contributed by atoms with Gasteiger partial charge < -0.3 is 10.6 Å². The van der Waals surface area contributed by atoms with E-state index >= 15 is 0 Å². The van der Waals surface area contributed by atoms with Gasteiger partial charge in [0.05, 0.1) is 0 Å². The first-order chi connectivity index (χ1) is 10.2. The second-order valence-electron chi connectivity index (χ2n) is 5.11. The molecule has 0 aromatic heterocycles. The molecule has 110 valence electrons. The molecule has 0 unspecified atom stereocenters. The Morgan fingerprint density at radius 2 is 1.62 bits per heavy atom. The summed E-state index contributed by atoms with van der Waals surface area (Å²) in [6.07, 6.45) is 1.07. The van der Waals surface area contributed by atoms with Gasteiger partial charge in [-0.15, -0.1) is 0 Å². The number of hydrogen-bond acceptors (Lipinski definition) is 2. The molecule has 3 heteroatoms. The van der Waals surface area contributed by atoms with Gasteiger partial charge >= 0.3 is 0 Å². The summed E-state index contributed by atoms with van der Waals surface area (Å²) in [5, 5.41) is 6.28. The molecule has 0 aliphatic heterocycles. The third kappa shape index (κ3) is 4.72. The second kappa shape index (κ2) is 7.60. The summed E-state index contributed by atoms with van der Waals surface area (Å²) in [6, 6.07) is 16.5. The number of hydrogen-bond donors (Lipinski definition) is 2. The summed E-state index contributed by atoms with van der Waals surface area (Å²) in [5.74, 6) is -0.0439. The molecule has 2 aromatic carbocycles. The molecule has 21 heavy (non-hydrogen) atoms. The minimum atomic E-state index is -0.0439. The maximum atomic E-state index is 11.2. The summed E-state index contributed by atoms with van der Waals surface area (Å²) in [4.78, 5) is 11.2. The highest BCUT2D eigenvalue weighted by Gasteiger charge is 2.03. The fourth-order valence-electron chi connectivity index (χ4n) is 2.22. The lowest BCUT2D eigenvalue weighted by molar-refractivity contribution is -0.114. The molecule has 2 N–H and O–H groups in total. The highest BCUT2D eigenvalue weighted by atomic mass is 16.1. The Hall–Kier alpha value is -2.13. The van der Waals surface area contributed by atoms with Crippen molar-refractivity contribution in [3.05, 3.63) is 65.2 Å². The van der Waals surface area contributed by atoms with E-state index in [1.54, 1.807) is 0 Å². The Morgan fingerprint density at radius 1 is 0.952 bits per heavy atom. The number of nitrogens with one attached hydrogen (secondary N) is 2. The monoisotopic (exact) mass is 282 g/mol. The molecule has 3 nitrogen and oxygen atoms in total. The zero-order chi connectivity index (χ0) is 15.1. The second-order valence-corrected chi connectivity index (χ2v) is 5.11. The molecule has 0 atom stereocenters. The van der Waals surface area contributed by atoms with E-state index in [-0.39, 0.29) is 5.91 Å². The molecule has 0 heterocycles. The fraction of sp³-hybridized carbons (Fsp3) is 0.278. The third-order valence-corrected chi connectivity index (χ3v) is 3.40. The van der Waals surface area contributed by atoms with Crippen LogP contribution in [0.25, 0.3) is 0 Å². The molecule has 0 aliphatic rings. The van der Waals surface area contributed by atoms with Gasteiger partial charge in [-0.3, -0.25) is 4.79 Å². The minimum Gasteiger partial charge on any atom is -0.326 e. The predicted molar refractivity (Wildman–Crippen MR) is 87.1 cm³/mol. The van der Waals surface area contributed by atoms with Crippen LogP contribution in [0.3, 0.4) is 0 Å². The van der Waals surface area contributed by atoms with Crippen LogP contribution in [-0.2, 0) is 24.3 Å². The first kappa shape index (κ1) is 15.3. The number of para-hydroxylation sites is 1. The lowest BCUT2D eigenvalue weighted by Crippen LogP contribution is -2.15. The quantitative estimate of drug-likeness (QED) is 0.851. The van der Waals surface area contributed by atoms with E-state index in [9.17, 15) is 4.79 Å². The lowest BCUT2D eigenvalue weighted by Gasteiger charge is -2.11. The molecule has 0 bridgehead atoms. The molecular formula is C18H22N2O. The zero-order valence-corrected chi connectivity index (χ0v) is 12.6. The number of benzene rings is 2. The average Bonchev–Trinajstić information content (AvgIpc) is 2.49. The van der Waals surface area contributed by atoms with Crippen LogP contribution in [0.5, 0.6) is 0 Å². The SMILES string of the molecule is CCc1ccc(CNCc2ccccc2NC(C)=O)cc1. The minimum absolute atomic E-state index is 0.0439. The molecule has 0 saturated carbocycles. The Morgan fingerprint density at radius 3 is 2.29 bits per heavy atom.